The lowest BCUT2D eigenvalue weighted by molar-refractivity contribution is -0.116. The normalized spacial score (nSPS) is 19.8. The Bertz CT molecular complexity index is 1000. The summed E-state index contributed by atoms with van der Waals surface area (Å²) in [7, 11) is -3.67. The minimum Gasteiger partial charge on any atom is -0.312 e. The van der Waals surface area contributed by atoms with Crippen molar-refractivity contribution in [1.82, 2.24) is 4.31 Å². The summed E-state index contributed by atoms with van der Waals surface area (Å²) < 4.78 is 41.4. The summed E-state index contributed by atoms with van der Waals surface area (Å²) in [6, 6.07) is 11.2. The third-order valence-electron chi connectivity index (χ3n) is 5.65. The lowest BCUT2D eigenvalue weighted by Gasteiger charge is -2.25. The van der Waals surface area contributed by atoms with Gasteiger partial charge in [-0.1, -0.05) is 18.2 Å². The number of sulfonamides is 1. The van der Waals surface area contributed by atoms with Crippen molar-refractivity contribution in [2.24, 2.45) is 0 Å². The Morgan fingerprint density at radius 1 is 1.14 bits per heavy atom. The maximum absolute atomic E-state index is 13.3. The molecule has 2 aliphatic rings. The van der Waals surface area contributed by atoms with E-state index in [1.165, 1.54) is 19.1 Å². The van der Waals surface area contributed by atoms with Gasteiger partial charge < -0.3 is 4.90 Å². The Hall–Kier alpha value is -2.25. The molecule has 2 aliphatic heterocycles. The van der Waals surface area contributed by atoms with Crippen molar-refractivity contribution in [3.63, 3.8) is 0 Å². The largest absolute Gasteiger partial charge is 0.312 e. The van der Waals surface area contributed by atoms with E-state index < -0.39 is 10.0 Å². The Labute approximate surface area is 164 Å². The maximum atomic E-state index is 13.3. The first-order chi connectivity index (χ1) is 13.4. The number of rotatable bonds is 4. The molecule has 1 atom stereocenters. The number of benzene rings is 2. The van der Waals surface area contributed by atoms with Crippen LogP contribution in [0.3, 0.4) is 0 Å². The van der Waals surface area contributed by atoms with Gasteiger partial charge in [-0.25, -0.2) is 12.8 Å². The molecular weight excluding hydrogens is 379 g/mol. The van der Waals surface area contributed by atoms with Crippen LogP contribution in [0.5, 0.6) is 0 Å². The zero-order valence-electron chi connectivity index (χ0n) is 15.8. The fourth-order valence-electron chi connectivity index (χ4n) is 4.20. The molecule has 0 aliphatic carbocycles. The number of nitrogens with zero attached hydrogens (tertiary/aromatic N) is 2. The third kappa shape index (κ3) is 3.44. The molecule has 0 radical (unpaired) electrons. The minimum atomic E-state index is -3.67. The van der Waals surface area contributed by atoms with Crippen LogP contribution in [0.4, 0.5) is 10.1 Å². The molecule has 1 amide bonds. The van der Waals surface area contributed by atoms with Gasteiger partial charge in [-0.2, -0.15) is 4.31 Å². The van der Waals surface area contributed by atoms with Gasteiger partial charge in [0.1, 0.15) is 5.82 Å². The van der Waals surface area contributed by atoms with Crippen molar-refractivity contribution in [3.8, 4) is 0 Å². The highest BCUT2D eigenvalue weighted by Gasteiger charge is 2.36. The molecule has 0 aromatic heterocycles. The molecule has 0 N–H and O–H groups in total. The number of amides is 1. The van der Waals surface area contributed by atoms with Gasteiger partial charge in [-0.3, -0.25) is 4.79 Å². The predicted octanol–water partition coefficient (Wildman–Crippen LogP) is 3.13. The zero-order chi connectivity index (χ0) is 19.9. The molecule has 28 heavy (non-hydrogen) atoms. The van der Waals surface area contributed by atoms with Gasteiger partial charge in [0.2, 0.25) is 15.9 Å². The smallest absolute Gasteiger partial charge is 0.243 e. The molecule has 4 rings (SSSR count). The van der Waals surface area contributed by atoms with E-state index in [0.717, 1.165) is 30.4 Å². The minimum absolute atomic E-state index is 0.0799. The number of hydrogen-bond acceptors (Lipinski definition) is 3. The summed E-state index contributed by atoms with van der Waals surface area (Å²) in [5, 5.41) is 0. The number of hydrogen-bond donors (Lipinski definition) is 0. The molecule has 2 heterocycles. The number of carbonyl (C=O) groups excluding carboxylic acids is 1. The molecule has 7 heteroatoms. The van der Waals surface area contributed by atoms with Gasteiger partial charge in [0.25, 0.3) is 0 Å². The van der Waals surface area contributed by atoms with Gasteiger partial charge in [-0.15, -0.1) is 0 Å². The van der Waals surface area contributed by atoms with Crippen LogP contribution < -0.4 is 4.90 Å². The van der Waals surface area contributed by atoms with E-state index in [2.05, 4.69) is 0 Å². The lowest BCUT2D eigenvalue weighted by atomic mass is 10.0. The average Bonchev–Trinajstić information content (AvgIpc) is 3.30. The van der Waals surface area contributed by atoms with Gasteiger partial charge in [-0.05, 0) is 61.1 Å². The van der Waals surface area contributed by atoms with E-state index in [4.69, 9.17) is 0 Å². The second-order valence-electron chi connectivity index (χ2n) is 7.45. The van der Waals surface area contributed by atoms with Crippen LogP contribution in [-0.2, 0) is 27.7 Å². The van der Waals surface area contributed by atoms with Gasteiger partial charge >= 0.3 is 0 Å². The van der Waals surface area contributed by atoms with Crippen LogP contribution in [0, 0.1) is 5.82 Å². The van der Waals surface area contributed by atoms with Crippen molar-refractivity contribution in [2.75, 3.05) is 18.0 Å². The van der Waals surface area contributed by atoms with Gasteiger partial charge in [0.15, 0.2) is 0 Å². The molecule has 0 bridgehead atoms. The average molecular weight is 402 g/mol. The summed E-state index contributed by atoms with van der Waals surface area (Å²) in [6.45, 7) is 2.56. The van der Waals surface area contributed by atoms with E-state index in [1.54, 1.807) is 33.5 Å². The number of fused-ring (bicyclic) bond motifs is 1. The zero-order valence-corrected chi connectivity index (χ0v) is 16.6. The Morgan fingerprint density at radius 2 is 1.89 bits per heavy atom. The van der Waals surface area contributed by atoms with Crippen LogP contribution in [0.1, 0.15) is 30.9 Å². The Balaban J connectivity index is 1.61. The van der Waals surface area contributed by atoms with E-state index >= 15 is 0 Å². The SMILES string of the molecule is CC(=O)N1CCc2ccc(S(=O)(=O)N3CCCC3Cc3ccc(F)cc3)cc21. The van der Waals surface area contributed by atoms with Crippen molar-refractivity contribution in [3.05, 3.63) is 59.4 Å². The van der Waals surface area contributed by atoms with Crippen molar-refractivity contribution in [2.45, 2.75) is 43.5 Å². The summed E-state index contributed by atoms with van der Waals surface area (Å²) >= 11 is 0. The number of halogens is 1. The molecule has 0 saturated carbocycles. The second-order valence-corrected chi connectivity index (χ2v) is 9.34. The van der Waals surface area contributed by atoms with Crippen LogP contribution in [0.15, 0.2) is 47.4 Å². The molecule has 2 aromatic rings. The summed E-state index contributed by atoms with van der Waals surface area (Å²) in [6.07, 6.45) is 2.88. The first kappa shape index (κ1) is 19.1. The first-order valence-corrected chi connectivity index (χ1v) is 11.0. The van der Waals surface area contributed by atoms with E-state index in [9.17, 15) is 17.6 Å². The van der Waals surface area contributed by atoms with Crippen molar-refractivity contribution in [1.29, 1.82) is 0 Å². The van der Waals surface area contributed by atoms with Crippen molar-refractivity contribution >= 4 is 21.6 Å². The van der Waals surface area contributed by atoms with Crippen molar-refractivity contribution < 1.29 is 17.6 Å². The van der Waals surface area contributed by atoms with Crippen LogP contribution in [-0.4, -0.2) is 37.8 Å². The molecule has 148 valence electrons. The standard InChI is InChI=1S/C21H23FN2O3S/c1-15(25)23-12-10-17-6-9-20(14-21(17)23)28(26,27)24-11-2-3-19(24)13-16-4-7-18(22)8-5-16/h4-9,14,19H,2-3,10-13H2,1H3. The number of anilines is 1. The molecule has 1 unspecified atom stereocenters. The molecule has 0 spiro atoms. The highest BCUT2D eigenvalue weighted by atomic mass is 32.2. The predicted molar refractivity (Wildman–Crippen MR) is 105 cm³/mol. The van der Waals surface area contributed by atoms with Gasteiger partial charge in [0, 0.05) is 31.7 Å². The van der Waals surface area contributed by atoms with Crippen LogP contribution >= 0.6 is 0 Å². The molecule has 1 fully saturated rings. The maximum Gasteiger partial charge on any atom is 0.243 e. The second kappa shape index (κ2) is 7.29. The number of carbonyl (C=O) groups is 1. The summed E-state index contributed by atoms with van der Waals surface area (Å²) in [4.78, 5) is 13.7. The van der Waals surface area contributed by atoms with E-state index in [1.807, 2.05) is 6.07 Å². The van der Waals surface area contributed by atoms with E-state index in [0.29, 0.717) is 25.2 Å². The summed E-state index contributed by atoms with van der Waals surface area (Å²) in [5.74, 6) is -0.378. The van der Waals surface area contributed by atoms with Crippen LogP contribution in [0.2, 0.25) is 0 Å². The molecular formula is C21H23FN2O3S. The highest BCUT2D eigenvalue weighted by Crippen LogP contribution is 2.34. The van der Waals surface area contributed by atoms with E-state index in [-0.39, 0.29) is 22.7 Å². The lowest BCUT2D eigenvalue weighted by Crippen LogP contribution is -2.37. The third-order valence-corrected chi connectivity index (χ3v) is 7.59. The quantitative estimate of drug-likeness (QED) is 0.790. The summed E-state index contributed by atoms with van der Waals surface area (Å²) in [5.41, 5.74) is 2.62. The Kier molecular flexibility index (Phi) is 4.97. The highest BCUT2D eigenvalue weighted by molar-refractivity contribution is 7.89. The molecule has 1 saturated heterocycles. The molecule has 5 nitrogen and oxygen atoms in total. The monoisotopic (exact) mass is 402 g/mol. The topological polar surface area (TPSA) is 57.7 Å². The van der Waals surface area contributed by atoms with Gasteiger partial charge in [0.05, 0.1) is 4.90 Å². The first-order valence-electron chi connectivity index (χ1n) is 9.53. The molecule has 2 aromatic carbocycles. The fourth-order valence-corrected chi connectivity index (χ4v) is 5.92. The van der Waals surface area contributed by atoms with Crippen LogP contribution in [0.25, 0.3) is 0 Å². The fraction of sp³-hybridized carbons (Fsp3) is 0.381. The Morgan fingerprint density at radius 3 is 2.61 bits per heavy atom.